The summed E-state index contributed by atoms with van der Waals surface area (Å²) in [4.78, 5) is 0. The zero-order chi connectivity index (χ0) is 13.5. The van der Waals surface area contributed by atoms with Gasteiger partial charge in [0, 0.05) is 24.1 Å². The SMILES string of the molecule is COc1ccc2c(c1)OC1(CCCC(C)C1)C[C@H]2N. The summed E-state index contributed by atoms with van der Waals surface area (Å²) in [6.45, 7) is 2.32. The number of ether oxygens (including phenoxy) is 2. The lowest BCUT2D eigenvalue weighted by atomic mass is 9.73. The fourth-order valence-electron chi connectivity index (χ4n) is 3.71. The van der Waals surface area contributed by atoms with Crippen molar-refractivity contribution in [3.8, 4) is 11.5 Å². The van der Waals surface area contributed by atoms with E-state index in [1.165, 1.54) is 12.8 Å². The van der Waals surface area contributed by atoms with E-state index in [9.17, 15) is 0 Å². The number of benzene rings is 1. The van der Waals surface area contributed by atoms with Crippen LogP contribution in [0.15, 0.2) is 18.2 Å². The zero-order valence-electron chi connectivity index (χ0n) is 11.8. The van der Waals surface area contributed by atoms with Gasteiger partial charge in [0.25, 0.3) is 0 Å². The van der Waals surface area contributed by atoms with Crippen molar-refractivity contribution in [3.63, 3.8) is 0 Å². The Labute approximate surface area is 115 Å². The number of rotatable bonds is 1. The average Bonchev–Trinajstić information content (AvgIpc) is 2.37. The predicted molar refractivity (Wildman–Crippen MR) is 75.5 cm³/mol. The Bertz CT molecular complexity index is 474. The van der Waals surface area contributed by atoms with Crippen molar-refractivity contribution in [2.45, 2.75) is 50.7 Å². The van der Waals surface area contributed by atoms with Gasteiger partial charge in [0.05, 0.1) is 7.11 Å². The van der Waals surface area contributed by atoms with Crippen LogP contribution in [0.2, 0.25) is 0 Å². The minimum atomic E-state index is -0.0452. The van der Waals surface area contributed by atoms with E-state index >= 15 is 0 Å². The lowest BCUT2D eigenvalue weighted by Gasteiger charge is -2.45. The van der Waals surface area contributed by atoms with Crippen molar-refractivity contribution in [1.82, 2.24) is 0 Å². The van der Waals surface area contributed by atoms with Crippen LogP contribution in [-0.2, 0) is 0 Å². The molecule has 3 nitrogen and oxygen atoms in total. The first-order valence-corrected chi connectivity index (χ1v) is 7.24. The summed E-state index contributed by atoms with van der Waals surface area (Å²) < 4.78 is 11.7. The minimum Gasteiger partial charge on any atom is -0.497 e. The van der Waals surface area contributed by atoms with Crippen LogP contribution in [0.5, 0.6) is 11.5 Å². The molecular formula is C16H23NO2. The quantitative estimate of drug-likeness (QED) is 0.842. The fraction of sp³-hybridized carbons (Fsp3) is 0.625. The zero-order valence-corrected chi connectivity index (χ0v) is 11.8. The van der Waals surface area contributed by atoms with E-state index in [-0.39, 0.29) is 11.6 Å². The summed E-state index contributed by atoms with van der Waals surface area (Å²) in [6.07, 6.45) is 5.74. The Balaban J connectivity index is 1.93. The van der Waals surface area contributed by atoms with Gasteiger partial charge in [-0.3, -0.25) is 0 Å². The summed E-state index contributed by atoms with van der Waals surface area (Å²) in [7, 11) is 1.68. The molecule has 3 heteroatoms. The van der Waals surface area contributed by atoms with Gasteiger partial charge in [0.2, 0.25) is 0 Å². The van der Waals surface area contributed by atoms with Crippen LogP contribution in [0.25, 0.3) is 0 Å². The molecule has 0 radical (unpaired) electrons. The van der Waals surface area contributed by atoms with Crippen molar-refractivity contribution < 1.29 is 9.47 Å². The monoisotopic (exact) mass is 261 g/mol. The average molecular weight is 261 g/mol. The lowest BCUT2D eigenvalue weighted by molar-refractivity contribution is -0.0141. The van der Waals surface area contributed by atoms with Crippen LogP contribution in [0.4, 0.5) is 0 Å². The van der Waals surface area contributed by atoms with Crippen molar-refractivity contribution in [3.05, 3.63) is 23.8 Å². The van der Waals surface area contributed by atoms with Gasteiger partial charge in [-0.1, -0.05) is 19.4 Å². The Hall–Kier alpha value is -1.22. The second-order valence-electron chi connectivity index (χ2n) is 6.20. The largest absolute Gasteiger partial charge is 0.497 e. The van der Waals surface area contributed by atoms with Crippen LogP contribution in [-0.4, -0.2) is 12.7 Å². The predicted octanol–water partition coefficient (Wildman–Crippen LogP) is 3.43. The highest BCUT2D eigenvalue weighted by atomic mass is 16.5. The molecule has 1 heterocycles. The molecule has 0 bridgehead atoms. The number of nitrogens with two attached hydrogens (primary N) is 1. The maximum atomic E-state index is 6.38. The molecule has 3 atom stereocenters. The molecule has 0 amide bonds. The van der Waals surface area contributed by atoms with Crippen LogP contribution in [0.3, 0.4) is 0 Å². The summed E-state index contributed by atoms with van der Waals surface area (Å²) in [5.74, 6) is 2.49. The van der Waals surface area contributed by atoms with Gasteiger partial charge in [-0.15, -0.1) is 0 Å². The third-order valence-corrected chi connectivity index (χ3v) is 4.59. The number of methoxy groups -OCH3 is 1. The molecule has 1 aliphatic carbocycles. The molecule has 104 valence electrons. The molecule has 2 aliphatic rings. The van der Waals surface area contributed by atoms with E-state index in [0.717, 1.165) is 42.2 Å². The van der Waals surface area contributed by atoms with Crippen LogP contribution in [0, 0.1) is 5.92 Å². The number of hydrogen-bond donors (Lipinski definition) is 1. The van der Waals surface area contributed by atoms with Crippen LogP contribution in [0.1, 0.15) is 50.6 Å². The van der Waals surface area contributed by atoms with Crippen LogP contribution >= 0.6 is 0 Å². The van der Waals surface area contributed by atoms with E-state index in [0.29, 0.717) is 0 Å². The highest BCUT2D eigenvalue weighted by molar-refractivity contribution is 5.44. The molecule has 0 aromatic heterocycles. The molecule has 1 saturated carbocycles. The summed E-state index contributed by atoms with van der Waals surface area (Å²) in [5.41, 5.74) is 7.44. The van der Waals surface area contributed by atoms with E-state index in [1.54, 1.807) is 7.11 Å². The first-order chi connectivity index (χ1) is 9.12. The Morgan fingerprint density at radius 2 is 2.21 bits per heavy atom. The lowest BCUT2D eigenvalue weighted by Crippen LogP contribution is -2.46. The van der Waals surface area contributed by atoms with E-state index < -0.39 is 0 Å². The van der Waals surface area contributed by atoms with Gasteiger partial charge in [-0.2, -0.15) is 0 Å². The minimum absolute atomic E-state index is 0.0452. The molecule has 0 saturated heterocycles. The first kappa shape index (κ1) is 12.8. The topological polar surface area (TPSA) is 44.5 Å². The molecular weight excluding hydrogens is 238 g/mol. The second-order valence-corrected chi connectivity index (χ2v) is 6.20. The Morgan fingerprint density at radius 3 is 2.95 bits per heavy atom. The van der Waals surface area contributed by atoms with Gasteiger partial charge in [-0.05, 0) is 31.2 Å². The van der Waals surface area contributed by atoms with Crippen molar-refractivity contribution in [2.75, 3.05) is 7.11 Å². The Morgan fingerprint density at radius 1 is 1.37 bits per heavy atom. The van der Waals surface area contributed by atoms with Crippen molar-refractivity contribution >= 4 is 0 Å². The maximum absolute atomic E-state index is 6.38. The van der Waals surface area contributed by atoms with Gasteiger partial charge in [-0.25, -0.2) is 0 Å². The third kappa shape index (κ3) is 2.32. The normalized spacial score (nSPS) is 33.6. The van der Waals surface area contributed by atoms with Gasteiger partial charge in [0.15, 0.2) is 0 Å². The first-order valence-electron chi connectivity index (χ1n) is 7.24. The summed E-state index contributed by atoms with van der Waals surface area (Å²) in [5, 5.41) is 0. The highest BCUT2D eigenvalue weighted by Gasteiger charge is 2.42. The summed E-state index contributed by atoms with van der Waals surface area (Å²) >= 11 is 0. The molecule has 1 fully saturated rings. The maximum Gasteiger partial charge on any atom is 0.128 e. The molecule has 2 unspecified atom stereocenters. The highest BCUT2D eigenvalue weighted by Crippen LogP contribution is 2.47. The second kappa shape index (κ2) is 4.71. The van der Waals surface area contributed by atoms with Crippen molar-refractivity contribution in [1.29, 1.82) is 0 Å². The molecule has 1 aromatic rings. The molecule has 19 heavy (non-hydrogen) atoms. The molecule has 1 spiro atoms. The molecule has 2 N–H and O–H groups in total. The molecule has 1 aliphatic heterocycles. The van der Waals surface area contributed by atoms with Crippen LogP contribution < -0.4 is 15.2 Å². The smallest absolute Gasteiger partial charge is 0.128 e. The van der Waals surface area contributed by atoms with Gasteiger partial charge < -0.3 is 15.2 Å². The summed E-state index contributed by atoms with van der Waals surface area (Å²) in [6, 6.07) is 6.07. The van der Waals surface area contributed by atoms with E-state index in [2.05, 4.69) is 6.92 Å². The number of fused-ring (bicyclic) bond motifs is 1. The third-order valence-electron chi connectivity index (χ3n) is 4.59. The Kier molecular flexibility index (Phi) is 3.17. The van der Waals surface area contributed by atoms with Gasteiger partial charge >= 0.3 is 0 Å². The standard InChI is InChI=1S/C16H23NO2/c1-11-4-3-7-16(9-11)10-14(17)13-6-5-12(18-2)8-15(13)19-16/h5-6,8,11,14H,3-4,7,9-10,17H2,1-2H3/t11?,14-,16?/m1/s1. The van der Waals surface area contributed by atoms with Gasteiger partial charge in [0.1, 0.15) is 17.1 Å². The van der Waals surface area contributed by atoms with E-state index in [1.807, 2.05) is 18.2 Å². The molecule has 1 aromatic carbocycles. The number of hydrogen-bond acceptors (Lipinski definition) is 3. The van der Waals surface area contributed by atoms with E-state index in [4.69, 9.17) is 15.2 Å². The van der Waals surface area contributed by atoms with Crippen molar-refractivity contribution in [2.24, 2.45) is 11.7 Å². The molecule has 3 rings (SSSR count). The fourth-order valence-corrected chi connectivity index (χ4v) is 3.71.